The molecular weight excluding hydrogens is 214 g/mol. The number of aromatic nitrogens is 1. The summed E-state index contributed by atoms with van der Waals surface area (Å²) in [6, 6.07) is 5.53. The highest BCUT2D eigenvalue weighted by Crippen LogP contribution is 2.31. The van der Waals surface area contributed by atoms with Gasteiger partial charge in [-0.05, 0) is 37.9 Å². The van der Waals surface area contributed by atoms with Crippen LogP contribution in [0.15, 0.2) is 24.4 Å². The van der Waals surface area contributed by atoms with Gasteiger partial charge in [-0.2, -0.15) is 0 Å². The molecule has 1 amide bonds. The van der Waals surface area contributed by atoms with E-state index in [0.29, 0.717) is 5.82 Å². The van der Waals surface area contributed by atoms with Gasteiger partial charge in [0, 0.05) is 12.7 Å². The standard InChI is InChI=1S/C13H19N3O/c1-2-13(7-5-8-14-10-13)12(17)16-11-6-3-4-9-15-11/h3-4,6,9,14H,2,5,7-8,10H2,1H3,(H,15,16,17). The largest absolute Gasteiger partial charge is 0.316 e. The smallest absolute Gasteiger partial charge is 0.233 e. The molecule has 1 saturated heterocycles. The summed E-state index contributed by atoms with van der Waals surface area (Å²) in [7, 11) is 0. The molecule has 4 nitrogen and oxygen atoms in total. The maximum Gasteiger partial charge on any atom is 0.233 e. The fourth-order valence-electron chi connectivity index (χ4n) is 2.31. The van der Waals surface area contributed by atoms with Gasteiger partial charge in [0.05, 0.1) is 5.41 Å². The van der Waals surface area contributed by atoms with Gasteiger partial charge in [-0.1, -0.05) is 13.0 Å². The van der Waals surface area contributed by atoms with Crippen LogP contribution in [0.25, 0.3) is 0 Å². The second-order valence-corrected chi connectivity index (χ2v) is 4.58. The fourth-order valence-corrected chi connectivity index (χ4v) is 2.31. The lowest BCUT2D eigenvalue weighted by molar-refractivity contribution is -0.126. The van der Waals surface area contributed by atoms with Crippen LogP contribution in [0.4, 0.5) is 5.82 Å². The third-order valence-corrected chi connectivity index (χ3v) is 3.54. The molecule has 1 aromatic rings. The van der Waals surface area contributed by atoms with Gasteiger partial charge in [0.15, 0.2) is 0 Å². The number of anilines is 1. The molecule has 1 fully saturated rings. The van der Waals surface area contributed by atoms with Crippen LogP contribution in [-0.4, -0.2) is 24.0 Å². The highest BCUT2D eigenvalue weighted by molar-refractivity contribution is 5.94. The summed E-state index contributed by atoms with van der Waals surface area (Å²) < 4.78 is 0. The van der Waals surface area contributed by atoms with Crippen molar-refractivity contribution in [1.29, 1.82) is 0 Å². The normalized spacial score (nSPS) is 24.3. The molecule has 0 aliphatic carbocycles. The lowest BCUT2D eigenvalue weighted by Crippen LogP contribution is -2.47. The minimum Gasteiger partial charge on any atom is -0.316 e. The zero-order valence-electron chi connectivity index (χ0n) is 10.2. The lowest BCUT2D eigenvalue weighted by atomic mass is 9.77. The van der Waals surface area contributed by atoms with Crippen LogP contribution < -0.4 is 10.6 Å². The van der Waals surface area contributed by atoms with Gasteiger partial charge in [-0.25, -0.2) is 4.98 Å². The van der Waals surface area contributed by atoms with E-state index in [1.165, 1.54) is 0 Å². The molecule has 1 aliphatic heterocycles. The van der Waals surface area contributed by atoms with E-state index in [2.05, 4.69) is 22.5 Å². The van der Waals surface area contributed by atoms with Crippen LogP contribution in [0.3, 0.4) is 0 Å². The first-order chi connectivity index (χ1) is 8.27. The van der Waals surface area contributed by atoms with Crippen molar-refractivity contribution >= 4 is 11.7 Å². The maximum atomic E-state index is 12.3. The third-order valence-electron chi connectivity index (χ3n) is 3.54. The van der Waals surface area contributed by atoms with Gasteiger partial charge in [-0.3, -0.25) is 4.79 Å². The summed E-state index contributed by atoms with van der Waals surface area (Å²) in [6.07, 6.45) is 4.56. The second kappa shape index (κ2) is 5.27. The van der Waals surface area contributed by atoms with Crippen molar-refractivity contribution in [2.24, 2.45) is 5.41 Å². The average Bonchev–Trinajstić information content (AvgIpc) is 2.40. The summed E-state index contributed by atoms with van der Waals surface area (Å²) in [5, 5.41) is 6.23. The Labute approximate surface area is 102 Å². The molecule has 2 N–H and O–H groups in total. The quantitative estimate of drug-likeness (QED) is 0.837. The minimum absolute atomic E-state index is 0.0888. The Bertz CT molecular complexity index is 372. The first-order valence-corrected chi connectivity index (χ1v) is 6.20. The molecule has 0 spiro atoms. The Kier molecular flexibility index (Phi) is 3.74. The topological polar surface area (TPSA) is 54.0 Å². The second-order valence-electron chi connectivity index (χ2n) is 4.58. The predicted octanol–water partition coefficient (Wildman–Crippen LogP) is 1.80. The Balaban J connectivity index is 2.07. The Morgan fingerprint density at radius 3 is 3.06 bits per heavy atom. The van der Waals surface area contributed by atoms with Crippen LogP contribution in [0.2, 0.25) is 0 Å². The first-order valence-electron chi connectivity index (χ1n) is 6.20. The highest BCUT2D eigenvalue weighted by Gasteiger charge is 2.37. The molecule has 2 heterocycles. The molecule has 17 heavy (non-hydrogen) atoms. The Hall–Kier alpha value is -1.42. The monoisotopic (exact) mass is 233 g/mol. The van der Waals surface area contributed by atoms with E-state index in [-0.39, 0.29) is 11.3 Å². The summed E-state index contributed by atoms with van der Waals surface area (Å²) >= 11 is 0. The zero-order chi connectivity index (χ0) is 12.1. The number of nitrogens with zero attached hydrogens (tertiary/aromatic N) is 1. The number of piperidine rings is 1. The summed E-state index contributed by atoms with van der Waals surface area (Å²) in [5.41, 5.74) is -0.268. The van der Waals surface area contributed by atoms with Crippen molar-refractivity contribution in [3.63, 3.8) is 0 Å². The molecule has 92 valence electrons. The van der Waals surface area contributed by atoms with Crippen molar-refractivity contribution in [2.75, 3.05) is 18.4 Å². The van der Waals surface area contributed by atoms with Crippen LogP contribution in [0.1, 0.15) is 26.2 Å². The van der Waals surface area contributed by atoms with E-state index in [4.69, 9.17) is 0 Å². The van der Waals surface area contributed by atoms with Crippen LogP contribution >= 0.6 is 0 Å². The molecule has 1 atom stereocenters. The van der Waals surface area contributed by atoms with Gasteiger partial charge in [0.2, 0.25) is 5.91 Å². The number of hydrogen-bond acceptors (Lipinski definition) is 3. The number of nitrogens with one attached hydrogen (secondary N) is 2. The van der Waals surface area contributed by atoms with Gasteiger partial charge in [0.1, 0.15) is 5.82 Å². The van der Waals surface area contributed by atoms with E-state index in [9.17, 15) is 4.79 Å². The van der Waals surface area contributed by atoms with E-state index in [1.54, 1.807) is 6.20 Å². The molecular formula is C13H19N3O. The number of carbonyl (C=O) groups excluding carboxylic acids is 1. The summed E-state index contributed by atoms with van der Waals surface area (Å²) in [6.45, 7) is 3.85. The van der Waals surface area contributed by atoms with E-state index < -0.39 is 0 Å². The molecule has 1 aromatic heterocycles. The van der Waals surface area contributed by atoms with E-state index in [1.807, 2.05) is 18.2 Å². The minimum atomic E-state index is -0.268. The number of pyridine rings is 1. The maximum absolute atomic E-state index is 12.3. The summed E-state index contributed by atoms with van der Waals surface area (Å²) in [5.74, 6) is 0.724. The fraction of sp³-hybridized carbons (Fsp3) is 0.538. The van der Waals surface area contributed by atoms with Crippen molar-refractivity contribution in [3.8, 4) is 0 Å². The lowest BCUT2D eigenvalue weighted by Gasteiger charge is -2.35. The number of rotatable bonds is 3. The highest BCUT2D eigenvalue weighted by atomic mass is 16.2. The molecule has 0 aromatic carbocycles. The van der Waals surface area contributed by atoms with E-state index in [0.717, 1.165) is 32.4 Å². The van der Waals surface area contributed by atoms with Gasteiger partial charge in [0.25, 0.3) is 0 Å². The van der Waals surface area contributed by atoms with Crippen LogP contribution in [0, 0.1) is 5.41 Å². The molecule has 1 aliphatic rings. The Morgan fingerprint density at radius 2 is 2.47 bits per heavy atom. The van der Waals surface area contributed by atoms with Crippen molar-refractivity contribution < 1.29 is 4.79 Å². The van der Waals surface area contributed by atoms with Crippen LogP contribution in [-0.2, 0) is 4.79 Å². The van der Waals surface area contributed by atoms with Crippen LogP contribution in [0.5, 0.6) is 0 Å². The molecule has 1 unspecified atom stereocenters. The first kappa shape index (κ1) is 12.0. The van der Waals surface area contributed by atoms with Gasteiger partial charge in [-0.15, -0.1) is 0 Å². The molecule has 0 bridgehead atoms. The number of carbonyl (C=O) groups is 1. The van der Waals surface area contributed by atoms with Crippen molar-refractivity contribution in [3.05, 3.63) is 24.4 Å². The molecule has 0 saturated carbocycles. The van der Waals surface area contributed by atoms with Gasteiger partial charge < -0.3 is 10.6 Å². The molecule has 2 rings (SSSR count). The predicted molar refractivity (Wildman–Crippen MR) is 67.7 cm³/mol. The number of amides is 1. The SMILES string of the molecule is CCC1(C(=O)Nc2ccccn2)CCCNC1. The number of hydrogen-bond donors (Lipinski definition) is 2. The average molecular weight is 233 g/mol. The summed E-state index contributed by atoms with van der Waals surface area (Å²) in [4.78, 5) is 16.5. The van der Waals surface area contributed by atoms with Crippen molar-refractivity contribution in [2.45, 2.75) is 26.2 Å². The molecule has 0 radical (unpaired) electrons. The molecule has 4 heteroatoms. The van der Waals surface area contributed by atoms with E-state index >= 15 is 0 Å². The van der Waals surface area contributed by atoms with Crippen molar-refractivity contribution in [1.82, 2.24) is 10.3 Å². The zero-order valence-corrected chi connectivity index (χ0v) is 10.2. The van der Waals surface area contributed by atoms with Gasteiger partial charge >= 0.3 is 0 Å². The third kappa shape index (κ3) is 2.64. The Morgan fingerprint density at radius 1 is 1.59 bits per heavy atom.